The first-order chi connectivity index (χ1) is 8.75. The quantitative estimate of drug-likeness (QED) is 0.592. The molecule has 0 saturated heterocycles. The molecule has 0 heterocycles. The van der Waals surface area contributed by atoms with Gasteiger partial charge in [0.2, 0.25) is 0 Å². The summed E-state index contributed by atoms with van der Waals surface area (Å²) in [5.74, 6) is -0.268. The second kappa shape index (κ2) is 6.34. The molecule has 2 rings (SSSR count). The summed E-state index contributed by atoms with van der Waals surface area (Å²) in [6, 6.07) is 9.49. The number of Topliss-reactive ketones (excluding diaryl/α,β-unsaturated/α-hetero) is 1. The Labute approximate surface area is 107 Å². The lowest BCUT2D eigenvalue weighted by atomic mass is 10.0. The molecule has 1 aliphatic carbocycles. The molecule has 1 aliphatic rings. The van der Waals surface area contributed by atoms with Gasteiger partial charge >= 0.3 is 5.97 Å². The molecule has 1 saturated carbocycles. The van der Waals surface area contributed by atoms with E-state index in [0.29, 0.717) is 0 Å². The number of ether oxygens (including phenoxy) is 1. The van der Waals surface area contributed by atoms with E-state index < -0.39 is 5.97 Å². The Hall–Kier alpha value is -1.64. The van der Waals surface area contributed by atoms with Gasteiger partial charge in [0.25, 0.3) is 0 Å². The van der Waals surface area contributed by atoms with Gasteiger partial charge in [-0.05, 0) is 18.4 Å². The molecule has 18 heavy (non-hydrogen) atoms. The van der Waals surface area contributed by atoms with Crippen LogP contribution in [0.4, 0.5) is 0 Å². The van der Waals surface area contributed by atoms with E-state index in [4.69, 9.17) is 4.74 Å². The minimum absolute atomic E-state index is 0.0468. The van der Waals surface area contributed by atoms with Crippen LogP contribution in [-0.2, 0) is 20.9 Å². The van der Waals surface area contributed by atoms with Crippen LogP contribution in [0.1, 0.15) is 37.7 Å². The topological polar surface area (TPSA) is 43.4 Å². The highest BCUT2D eigenvalue weighted by molar-refractivity contribution is 5.96. The van der Waals surface area contributed by atoms with Gasteiger partial charge in [-0.15, -0.1) is 0 Å². The first-order valence-corrected chi connectivity index (χ1v) is 6.48. The largest absolute Gasteiger partial charge is 0.460 e. The van der Waals surface area contributed by atoms with Crippen molar-refractivity contribution in [3.05, 3.63) is 35.9 Å². The minimum Gasteiger partial charge on any atom is -0.460 e. The third kappa shape index (κ3) is 3.69. The highest BCUT2D eigenvalue weighted by Gasteiger charge is 2.24. The van der Waals surface area contributed by atoms with E-state index >= 15 is 0 Å². The van der Waals surface area contributed by atoms with E-state index in [1.165, 1.54) is 0 Å². The zero-order valence-electron chi connectivity index (χ0n) is 10.4. The Kier molecular flexibility index (Phi) is 4.51. The Morgan fingerprint density at radius 1 is 1.11 bits per heavy atom. The Balaban J connectivity index is 1.73. The molecule has 0 amide bonds. The lowest BCUT2D eigenvalue weighted by Gasteiger charge is -2.08. The van der Waals surface area contributed by atoms with Crippen molar-refractivity contribution in [1.82, 2.24) is 0 Å². The summed E-state index contributed by atoms with van der Waals surface area (Å²) in [7, 11) is 0. The lowest BCUT2D eigenvalue weighted by molar-refractivity contribution is -0.147. The highest BCUT2D eigenvalue weighted by Crippen LogP contribution is 2.26. The molecule has 1 aromatic carbocycles. The summed E-state index contributed by atoms with van der Waals surface area (Å²) in [4.78, 5) is 23.3. The van der Waals surface area contributed by atoms with Crippen LogP contribution in [0, 0.1) is 5.92 Å². The summed E-state index contributed by atoms with van der Waals surface area (Å²) in [5.41, 5.74) is 0.944. The van der Waals surface area contributed by atoms with Crippen molar-refractivity contribution in [2.24, 2.45) is 5.92 Å². The summed E-state index contributed by atoms with van der Waals surface area (Å²) in [5, 5.41) is 0. The highest BCUT2D eigenvalue weighted by atomic mass is 16.5. The molecular weight excluding hydrogens is 228 g/mol. The average Bonchev–Trinajstić information content (AvgIpc) is 2.91. The molecule has 0 aromatic heterocycles. The molecule has 0 spiro atoms. The van der Waals surface area contributed by atoms with Crippen molar-refractivity contribution in [2.45, 2.75) is 38.7 Å². The summed E-state index contributed by atoms with van der Waals surface area (Å²) >= 11 is 0. The van der Waals surface area contributed by atoms with Gasteiger partial charge in [0.1, 0.15) is 18.8 Å². The first kappa shape index (κ1) is 12.8. The number of carbonyl (C=O) groups is 2. The molecule has 0 bridgehead atoms. The maximum atomic E-state index is 11.8. The predicted octanol–water partition coefficient (Wildman–Crippen LogP) is 2.88. The number of esters is 1. The average molecular weight is 246 g/mol. The van der Waals surface area contributed by atoms with Crippen LogP contribution < -0.4 is 0 Å². The number of benzene rings is 1. The van der Waals surface area contributed by atoms with E-state index in [0.717, 1.165) is 31.2 Å². The normalized spacial score (nSPS) is 15.6. The number of rotatable bonds is 5. The van der Waals surface area contributed by atoms with E-state index in [1.54, 1.807) is 0 Å². The molecule has 0 radical (unpaired) electrons. The van der Waals surface area contributed by atoms with E-state index in [1.807, 2.05) is 30.3 Å². The number of ketones is 1. The fraction of sp³-hybridized carbons (Fsp3) is 0.467. The molecule has 96 valence electrons. The SMILES string of the molecule is O=C(CC(=O)C1CCCC1)OCc1ccccc1. The fourth-order valence-electron chi connectivity index (χ4n) is 2.32. The van der Waals surface area contributed by atoms with Crippen molar-refractivity contribution in [2.75, 3.05) is 0 Å². The molecule has 1 aromatic rings. The Bertz CT molecular complexity index is 405. The number of hydrogen-bond acceptors (Lipinski definition) is 3. The maximum absolute atomic E-state index is 11.8. The van der Waals surface area contributed by atoms with Crippen LogP contribution in [0.2, 0.25) is 0 Å². The molecule has 0 aliphatic heterocycles. The zero-order chi connectivity index (χ0) is 12.8. The fourth-order valence-corrected chi connectivity index (χ4v) is 2.32. The maximum Gasteiger partial charge on any atom is 0.313 e. The molecule has 3 heteroatoms. The van der Waals surface area contributed by atoms with Crippen molar-refractivity contribution >= 4 is 11.8 Å². The zero-order valence-corrected chi connectivity index (χ0v) is 10.4. The molecule has 0 N–H and O–H groups in total. The summed E-state index contributed by atoms with van der Waals surface area (Å²) in [6.45, 7) is 0.248. The van der Waals surface area contributed by atoms with E-state index in [9.17, 15) is 9.59 Å². The van der Waals surface area contributed by atoms with Gasteiger partial charge in [-0.1, -0.05) is 43.2 Å². The van der Waals surface area contributed by atoms with Gasteiger partial charge < -0.3 is 4.74 Å². The van der Waals surface area contributed by atoms with Crippen LogP contribution in [0.15, 0.2) is 30.3 Å². The van der Waals surface area contributed by atoms with E-state index in [-0.39, 0.29) is 24.7 Å². The predicted molar refractivity (Wildman–Crippen MR) is 67.8 cm³/mol. The van der Waals surface area contributed by atoms with Gasteiger partial charge in [-0.25, -0.2) is 0 Å². The van der Waals surface area contributed by atoms with Gasteiger partial charge in [0, 0.05) is 5.92 Å². The smallest absolute Gasteiger partial charge is 0.313 e. The van der Waals surface area contributed by atoms with Crippen LogP contribution in [-0.4, -0.2) is 11.8 Å². The van der Waals surface area contributed by atoms with Crippen molar-refractivity contribution in [3.63, 3.8) is 0 Å². The molecule has 0 unspecified atom stereocenters. The molecule has 3 nitrogen and oxygen atoms in total. The van der Waals surface area contributed by atoms with Crippen molar-refractivity contribution in [3.8, 4) is 0 Å². The molecule has 1 fully saturated rings. The van der Waals surface area contributed by atoms with Crippen LogP contribution in [0.5, 0.6) is 0 Å². The van der Waals surface area contributed by atoms with Crippen molar-refractivity contribution in [1.29, 1.82) is 0 Å². The first-order valence-electron chi connectivity index (χ1n) is 6.48. The van der Waals surface area contributed by atoms with Crippen LogP contribution >= 0.6 is 0 Å². The van der Waals surface area contributed by atoms with Crippen molar-refractivity contribution < 1.29 is 14.3 Å². The lowest BCUT2D eigenvalue weighted by Crippen LogP contribution is -2.17. The molecular formula is C15H18O3. The van der Waals surface area contributed by atoms with Crippen LogP contribution in [0.3, 0.4) is 0 Å². The van der Waals surface area contributed by atoms with Gasteiger partial charge in [-0.2, -0.15) is 0 Å². The van der Waals surface area contributed by atoms with Gasteiger partial charge in [0.15, 0.2) is 0 Å². The third-order valence-electron chi connectivity index (χ3n) is 3.37. The molecule has 0 atom stereocenters. The number of carbonyl (C=O) groups excluding carboxylic acids is 2. The van der Waals surface area contributed by atoms with E-state index in [2.05, 4.69) is 0 Å². The standard InChI is InChI=1S/C15H18O3/c16-14(13-8-4-5-9-13)10-15(17)18-11-12-6-2-1-3-7-12/h1-3,6-7,13H,4-5,8-11H2. The second-order valence-corrected chi connectivity index (χ2v) is 4.77. The van der Waals surface area contributed by atoms with Gasteiger partial charge in [-0.3, -0.25) is 9.59 Å². The van der Waals surface area contributed by atoms with Gasteiger partial charge in [0.05, 0.1) is 0 Å². The summed E-state index contributed by atoms with van der Waals surface area (Å²) in [6.07, 6.45) is 4.01. The monoisotopic (exact) mass is 246 g/mol. The Morgan fingerprint density at radius 2 is 1.78 bits per heavy atom. The second-order valence-electron chi connectivity index (χ2n) is 4.77. The minimum atomic E-state index is -0.407. The summed E-state index contributed by atoms with van der Waals surface area (Å²) < 4.78 is 5.10. The van der Waals surface area contributed by atoms with Crippen LogP contribution in [0.25, 0.3) is 0 Å². The third-order valence-corrected chi connectivity index (χ3v) is 3.37. The Morgan fingerprint density at radius 3 is 2.44 bits per heavy atom. The number of hydrogen-bond donors (Lipinski definition) is 0.